The number of hydrogen-bond donors (Lipinski definition) is 2. The molecule has 1 atom stereocenters. The molecule has 0 aliphatic heterocycles. The number of hydrogen-bond acceptors (Lipinski definition) is 8. The molecule has 33 heavy (non-hydrogen) atoms. The van der Waals surface area contributed by atoms with E-state index in [0.29, 0.717) is 42.0 Å². The quantitative estimate of drug-likeness (QED) is 0.486. The summed E-state index contributed by atoms with van der Waals surface area (Å²) < 4.78 is 10.7. The number of nitrogens with one attached hydrogen (secondary N) is 1. The Morgan fingerprint density at radius 1 is 1.21 bits per heavy atom. The maximum Gasteiger partial charge on any atom is 0.237 e. The van der Waals surface area contributed by atoms with Gasteiger partial charge in [0.25, 0.3) is 0 Å². The minimum Gasteiger partial charge on any atom is -0.474 e. The number of nitrogens with zero attached hydrogens (tertiary/aromatic N) is 4. The van der Waals surface area contributed by atoms with Gasteiger partial charge in [0.1, 0.15) is 12.3 Å². The average molecular weight is 466 g/mol. The number of aromatic nitrogens is 3. The summed E-state index contributed by atoms with van der Waals surface area (Å²) in [6, 6.07) is 11.6. The van der Waals surface area contributed by atoms with Crippen molar-refractivity contribution in [3.05, 3.63) is 59.4 Å². The number of pyridine rings is 1. The first-order chi connectivity index (χ1) is 15.6. The van der Waals surface area contributed by atoms with E-state index in [1.54, 1.807) is 31.6 Å². The first-order valence-corrected chi connectivity index (χ1v) is 10.4. The van der Waals surface area contributed by atoms with Gasteiger partial charge >= 0.3 is 0 Å². The molecule has 0 bridgehead atoms. The fraction of sp³-hybridized carbons (Fsp3) is 0.333. The van der Waals surface area contributed by atoms with E-state index in [1.165, 1.54) is 0 Å². The first kappa shape index (κ1) is 24.5. The van der Waals surface area contributed by atoms with Crippen LogP contribution in [-0.4, -0.2) is 47.0 Å². The summed E-state index contributed by atoms with van der Waals surface area (Å²) in [6.45, 7) is 2.90. The summed E-state index contributed by atoms with van der Waals surface area (Å²) >= 11 is 0. The number of benzene rings is 1. The van der Waals surface area contributed by atoms with E-state index in [2.05, 4.69) is 26.3 Å². The third-order valence-electron chi connectivity index (χ3n) is 5.79. The molecule has 0 unspecified atom stereocenters. The SMILES string of the molecule is COCCOc1ncccc1Nc1nccc(-c2cc(C#N)c3c(c2)[C@](C)(CO)CC3)n1.S. The van der Waals surface area contributed by atoms with Crippen LogP contribution in [0, 0.1) is 11.3 Å². The second-order valence-corrected chi connectivity index (χ2v) is 7.97. The summed E-state index contributed by atoms with van der Waals surface area (Å²) in [6.07, 6.45) is 4.92. The summed E-state index contributed by atoms with van der Waals surface area (Å²) in [5.41, 5.74) is 4.45. The van der Waals surface area contributed by atoms with Crippen LogP contribution in [0.25, 0.3) is 11.3 Å². The van der Waals surface area contributed by atoms with Gasteiger partial charge in [0, 0.05) is 30.5 Å². The Kier molecular flexibility index (Phi) is 7.87. The first-order valence-electron chi connectivity index (χ1n) is 10.4. The Hall–Kier alpha value is -3.19. The topological polar surface area (TPSA) is 113 Å². The number of ether oxygens (including phenoxy) is 2. The zero-order valence-corrected chi connectivity index (χ0v) is 19.6. The molecule has 0 spiro atoms. The highest BCUT2D eigenvalue weighted by atomic mass is 32.1. The predicted molar refractivity (Wildman–Crippen MR) is 130 cm³/mol. The molecule has 1 aromatic carbocycles. The standard InChI is InChI=1S/C24H25N5O3.H2S/c1-24(15-30)7-5-18-17(14-25)12-16(13-19(18)24)20-6-9-27-23(28-20)29-21-4-3-8-26-22(21)32-11-10-31-2;/h3-4,6,8-9,12-13,30H,5,7,10-11,15H2,1-2H3,(H,27,28,29);1H2/t24-;/m0./s1. The van der Waals surface area contributed by atoms with Crippen LogP contribution in [0.4, 0.5) is 11.6 Å². The average Bonchev–Trinajstić information content (AvgIpc) is 3.17. The minimum atomic E-state index is -0.352. The van der Waals surface area contributed by atoms with Gasteiger partial charge in [-0.05, 0) is 54.3 Å². The van der Waals surface area contributed by atoms with Crippen LogP contribution in [0.15, 0.2) is 42.7 Å². The normalized spacial score (nSPS) is 16.4. The van der Waals surface area contributed by atoms with Crippen molar-refractivity contribution in [1.29, 1.82) is 5.26 Å². The second-order valence-electron chi connectivity index (χ2n) is 7.97. The Bertz CT molecular complexity index is 1170. The number of nitriles is 1. The van der Waals surface area contributed by atoms with Crippen LogP contribution in [0.2, 0.25) is 0 Å². The second kappa shape index (κ2) is 10.6. The van der Waals surface area contributed by atoms with Crippen LogP contribution in [0.3, 0.4) is 0 Å². The van der Waals surface area contributed by atoms with Crippen molar-refractivity contribution in [1.82, 2.24) is 15.0 Å². The maximum atomic E-state index is 9.96. The Labute approximate surface area is 200 Å². The van der Waals surface area contributed by atoms with Crippen LogP contribution >= 0.6 is 13.5 Å². The van der Waals surface area contributed by atoms with Crippen LogP contribution in [0.1, 0.15) is 30.0 Å². The van der Waals surface area contributed by atoms with Gasteiger partial charge in [0.2, 0.25) is 11.8 Å². The largest absolute Gasteiger partial charge is 0.474 e. The lowest BCUT2D eigenvalue weighted by Gasteiger charge is -2.23. The van der Waals surface area contributed by atoms with Gasteiger partial charge in [-0.3, -0.25) is 0 Å². The molecule has 0 radical (unpaired) electrons. The van der Waals surface area contributed by atoms with Crippen LogP contribution in [-0.2, 0) is 16.6 Å². The van der Waals surface area contributed by atoms with Gasteiger partial charge in [0.15, 0.2) is 0 Å². The lowest BCUT2D eigenvalue weighted by molar-refractivity contribution is 0.144. The van der Waals surface area contributed by atoms with E-state index in [4.69, 9.17) is 9.47 Å². The molecule has 2 aromatic heterocycles. The van der Waals surface area contributed by atoms with Gasteiger partial charge in [-0.1, -0.05) is 6.92 Å². The van der Waals surface area contributed by atoms with Gasteiger partial charge in [0.05, 0.1) is 30.5 Å². The van der Waals surface area contributed by atoms with E-state index in [-0.39, 0.29) is 25.5 Å². The number of methoxy groups -OCH3 is 1. The molecule has 2 heterocycles. The van der Waals surface area contributed by atoms with E-state index in [0.717, 1.165) is 29.5 Å². The number of anilines is 2. The molecular formula is C24H27N5O3S. The van der Waals surface area contributed by atoms with Crippen LogP contribution < -0.4 is 10.1 Å². The van der Waals surface area contributed by atoms with Crippen molar-refractivity contribution in [2.75, 3.05) is 32.2 Å². The Morgan fingerprint density at radius 3 is 2.82 bits per heavy atom. The van der Waals surface area contributed by atoms with Crippen molar-refractivity contribution in [3.63, 3.8) is 0 Å². The molecular weight excluding hydrogens is 438 g/mol. The molecule has 0 saturated carbocycles. The molecule has 0 saturated heterocycles. The van der Waals surface area contributed by atoms with Crippen molar-refractivity contribution in [3.8, 4) is 23.2 Å². The molecule has 0 fully saturated rings. The Morgan fingerprint density at radius 2 is 2.06 bits per heavy atom. The zero-order chi connectivity index (χ0) is 22.6. The summed E-state index contributed by atoms with van der Waals surface area (Å²) in [4.78, 5) is 13.2. The molecule has 172 valence electrons. The molecule has 4 rings (SSSR count). The molecule has 0 amide bonds. The molecule has 2 N–H and O–H groups in total. The maximum absolute atomic E-state index is 9.96. The lowest BCUT2D eigenvalue weighted by atomic mass is 9.83. The number of rotatable bonds is 8. The molecule has 3 aromatic rings. The monoisotopic (exact) mass is 465 g/mol. The van der Waals surface area contributed by atoms with Crippen LogP contribution in [0.5, 0.6) is 5.88 Å². The van der Waals surface area contributed by atoms with Crippen molar-refractivity contribution >= 4 is 25.1 Å². The third kappa shape index (κ3) is 5.09. The highest BCUT2D eigenvalue weighted by molar-refractivity contribution is 7.59. The number of aliphatic hydroxyl groups excluding tert-OH is 1. The van der Waals surface area contributed by atoms with Gasteiger partial charge < -0.3 is 19.9 Å². The molecule has 8 nitrogen and oxygen atoms in total. The smallest absolute Gasteiger partial charge is 0.237 e. The molecule has 1 aliphatic carbocycles. The number of aliphatic hydroxyl groups is 1. The Balaban J connectivity index is 0.00000306. The van der Waals surface area contributed by atoms with Gasteiger partial charge in [-0.15, -0.1) is 0 Å². The minimum absolute atomic E-state index is 0. The van der Waals surface area contributed by atoms with Crippen molar-refractivity contribution in [2.24, 2.45) is 0 Å². The summed E-state index contributed by atoms with van der Waals surface area (Å²) in [7, 11) is 1.61. The fourth-order valence-corrected chi connectivity index (χ4v) is 3.95. The summed E-state index contributed by atoms with van der Waals surface area (Å²) in [5.74, 6) is 0.817. The lowest BCUT2D eigenvalue weighted by Crippen LogP contribution is -2.23. The fourth-order valence-electron chi connectivity index (χ4n) is 3.95. The van der Waals surface area contributed by atoms with Gasteiger partial charge in [-0.25, -0.2) is 15.0 Å². The highest BCUT2D eigenvalue weighted by Crippen LogP contribution is 2.42. The van der Waals surface area contributed by atoms with Crippen molar-refractivity contribution in [2.45, 2.75) is 25.2 Å². The molecule has 1 aliphatic rings. The zero-order valence-electron chi connectivity index (χ0n) is 18.6. The van der Waals surface area contributed by atoms with E-state index in [9.17, 15) is 10.4 Å². The van der Waals surface area contributed by atoms with E-state index in [1.807, 2.05) is 25.1 Å². The van der Waals surface area contributed by atoms with E-state index >= 15 is 0 Å². The predicted octanol–water partition coefficient (Wildman–Crippen LogP) is 3.49. The van der Waals surface area contributed by atoms with Crippen molar-refractivity contribution < 1.29 is 14.6 Å². The van der Waals surface area contributed by atoms with Gasteiger partial charge in [-0.2, -0.15) is 18.8 Å². The highest BCUT2D eigenvalue weighted by Gasteiger charge is 2.35. The molecule has 9 heteroatoms. The summed E-state index contributed by atoms with van der Waals surface area (Å²) in [5, 5.41) is 22.8. The number of fused-ring (bicyclic) bond motifs is 1. The van der Waals surface area contributed by atoms with E-state index < -0.39 is 0 Å². The third-order valence-corrected chi connectivity index (χ3v) is 5.79.